The van der Waals surface area contributed by atoms with E-state index >= 15 is 19.2 Å². The minimum Gasteiger partial charge on any atom is -0.491 e. The van der Waals surface area contributed by atoms with Crippen molar-refractivity contribution in [2.45, 2.75) is 74.9 Å². The van der Waals surface area contributed by atoms with Gasteiger partial charge in [-0.05, 0) is 84.1 Å². The number of morpholine rings is 1. The molecular formula is C61H59N5O10. The molecule has 3 saturated heterocycles. The normalized spacial score (nSPS) is 22.2. The fourth-order valence-electron chi connectivity index (χ4n) is 11.7. The minimum atomic E-state index is -2.09. The van der Waals surface area contributed by atoms with Crippen molar-refractivity contribution in [3.63, 3.8) is 0 Å². The van der Waals surface area contributed by atoms with Crippen LogP contribution in [0.4, 0.5) is 16.2 Å². The van der Waals surface area contributed by atoms with Gasteiger partial charge >= 0.3 is 12.1 Å². The monoisotopic (exact) mass is 1020 g/mol. The van der Waals surface area contributed by atoms with Crippen molar-refractivity contribution in [2.24, 2.45) is 5.92 Å². The number of likely N-dealkylation sites (tertiary alicyclic amines) is 1. The van der Waals surface area contributed by atoms with Crippen LogP contribution in [0.2, 0.25) is 0 Å². The number of esters is 1. The zero-order valence-electron chi connectivity index (χ0n) is 42.2. The standard InChI is InChI=1S/C61H59N5O10/c1-62(40-43-19-8-5-9-20-43)34-18-21-42-30-33-50-49(39-42)61(59(70)64(50)60(71)75-41-44-28-31-47(32-29-44)66(72)73)52(57(68)63-35-16-3-2-4-17-36-63)54-58(69)76-55(46-24-12-7-13-25-46)53(45-22-10-6-11-23-45)65(54)56(61)48-26-14-15-27-51(48)74-38-37-67/h5-15,19-20,22-33,39,52-56,67H,2-4,16-17,34-38,40-41H2,1H3/t52-,53-,54-,55+,56+,61-/m0/s1. The number of nitro benzene ring substituents is 1. The Morgan fingerprint density at radius 3 is 2.12 bits per heavy atom. The zero-order chi connectivity index (χ0) is 52.8. The Hall–Kier alpha value is -8.16. The molecule has 3 fully saturated rings. The maximum atomic E-state index is 16.9. The van der Waals surface area contributed by atoms with Gasteiger partial charge in [-0.25, -0.2) is 9.69 Å². The average molecular weight is 1020 g/mol. The predicted octanol–water partition coefficient (Wildman–Crippen LogP) is 9.24. The lowest BCUT2D eigenvalue weighted by Gasteiger charge is -2.46. The summed E-state index contributed by atoms with van der Waals surface area (Å²) < 4.78 is 19.1. The van der Waals surface area contributed by atoms with E-state index in [4.69, 9.17) is 14.2 Å². The molecule has 6 aromatic carbocycles. The zero-order valence-corrected chi connectivity index (χ0v) is 42.2. The first-order chi connectivity index (χ1) is 37.1. The molecule has 1 N–H and O–H groups in total. The third-order valence-electron chi connectivity index (χ3n) is 15.0. The number of cyclic esters (lactones) is 1. The van der Waals surface area contributed by atoms with Crippen molar-refractivity contribution >= 4 is 35.3 Å². The molecule has 1 spiro atoms. The number of hydrogen-bond donors (Lipinski definition) is 1. The average Bonchev–Trinajstić information content (AvgIpc) is 4.08. The lowest BCUT2D eigenvalue weighted by atomic mass is 9.64. The molecule has 0 saturated carbocycles. The van der Waals surface area contributed by atoms with Gasteiger partial charge in [-0.3, -0.25) is 34.3 Å². The highest BCUT2D eigenvalue weighted by Crippen LogP contribution is 2.67. The van der Waals surface area contributed by atoms with E-state index in [-0.39, 0.29) is 36.8 Å². The molecule has 0 radical (unpaired) electrons. The van der Waals surface area contributed by atoms with Gasteiger partial charge in [-0.15, -0.1) is 0 Å². The van der Waals surface area contributed by atoms with E-state index in [1.54, 1.807) is 41.3 Å². The second-order valence-electron chi connectivity index (χ2n) is 19.8. The number of rotatable bonds is 13. The van der Waals surface area contributed by atoms with Crippen LogP contribution < -0.4 is 9.64 Å². The summed E-state index contributed by atoms with van der Waals surface area (Å²) in [7, 11) is 1.97. The van der Waals surface area contributed by atoms with E-state index < -0.39 is 64.4 Å². The third kappa shape index (κ3) is 9.94. The number of ether oxygens (including phenoxy) is 3. The number of aliphatic hydroxyl groups is 1. The van der Waals surface area contributed by atoms with Crippen molar-refractivity contribution in [3.8, 4) is 17.6 Å². The Morgan fingerprint density at radius 2 is 1.43 bits per heavy atom. The Bertz CT molecular complexity index is 3140. The molecule has 0 bridgehead atoms. The number of aliphatic hydroxyl groups excluding tert-OH is 1. The Kier molecular flexibility index (Phi) is 15.4. The van der Waals surface area contributed by atoms with Crippen molar-refractivity contribution in [1.29, 1.82) is 0 Å². The molecule has 15 nitrogen and oxygen atoms in total. The number of amides is 3. The van der Waals surface area contributed by atoms with Crippen LogP contribution >= 0.6 is 0 Å². The van der Waals surface area contributed by atoms with Gasteiger partial charge in [0.2, 0.25) is 11.8 Å². The van der Waals surface area contributed by atoms with Crippen LogP contribution in [-0.2, 0) is 42.4 Å². The van der Waals surface area contributed by atoms with Crippen molar-refractivity contribution in [2.75, 3.05) is 44.8 Å². The summed E-state index contributed by atoms with van der Waals surface area (Å²) in [6, 6.07) is 43.3. The first-order valence-electron chi connectivity index (χ1n) is 25.9. The minimum absolute atomic E-state index is 0.114. The lowest BCUT2D eigenvalue weighted by Crippen LogP contribution is -2.56. The van der Waals surface area contributed by atoms with Gasteiger partial charge in [0.15, 0.2) is 0 Å². The fourth-order valence-corrected chi connectivity index (χ4v) is 11.7. The molecule has 4 aliphatic rings. The van der Waals surface area contributed by atoms with Crippen LogP contribution in [0.15, 0.2) is 158 Å². The lowest BCUT2D eigenvalue weighted by molar-refractivity contribution is -0.384. The number of hydrogen-bond acceptors (Lipinski definition) is 12. The molecule has 76 heavy (non-hydrogen) atoms. The van der Waals surface area contributed by atoms with E-state index in [1.165, 1.54) is 24.3 Å². The number of imide groups is 1. The Labute approximate surface area is 441 Å². The van der Waals surface area contributed by atoms with E-state index in [2.05, 4.69) is 16.7 Å². The molecule has 0 unspecified atom stereocenters. The molecule has 3 amide bonds. The van der Waals surface area contributed by atoms with Gasteiger partial charge < -0.3 is 24.2 Å². The molecule has 0 aromatic heterocycles. The van der Waals surface area contributed by atoms with Gasteiger partial charge in [0, 0.05) is 42.9 Å². The van der Waals surface area contributed by atoms with E-state index in [1.807, 2.05) is 109 Å². The quantitative estimate of drug-likeness (QED) is 0.0504. The van der Waals surface area contributed by atoms with E-state index in [0.717, 1.165) is 35.3 Å². The molecule has 4 aliphatic heterocycles. The first kappa shape index (κ1) is 51.3. The molecule has 4 heterocycles. The molecule has 6 aromatic rings. The van der Waals surface area contributed by atoms with Crippen molar-refractivity contribution in [1.82, 2.24) is 14.7 Å². The number of nitrogens with zero attached hydrogens (tertiary/aromatic N) is 5. The SMILES string of the molecule is CN(CC#Cc1ccc2c(c1)[C@]1(C(=O)N2C(=O)OCc2ccc([N+](=O)[O-])cc2)[C@H](C(=O)N2CCCCCCC2)[C@H]2C(=O)O[C@H](c3ccccc3)[C@H](c3ccccc3)N2[C@@H]1c1ccccc1OCCO)Cc1ccccc1. The van der Waals surface area contributed by atoms with Crippen molar-refractivity contribution < 1.29 is 43.4 Å². The van der Waals surface area contributed by atoms with Crippen LogP contribution in [0.1, 0.15) is 89.2 Å². The second-order valence-corrected chi connectivity index (χ2v) is 19.8. The summed E-state index contributed by atoms with van der Waals surface area (Å²) in [4.78, 5) is 81.9. The molecule has 0 aliphatic carbocycles. The van der Waals surface area contributed by atoms with Gasteiger partial charge in [-0.1, -0.05) is 140 Å². The number of carbonyl (C=O) groups excluding carboxylic acids is 4. The number of benzene rings is 6. The number of carbonyl (C=O) groups is 4. The maximum Gasteiger partial charge on any atom is 0.421 e. The van der Waals surface area contributed by atoms with E-state index in [0.29, 0.717) is 67.0 Å². The van der Waals surface area contributed by atoms with Crippen LogP contribution in [0.25, 0.3) is 0 Å². The molecule has 10 rings (SSSR count). The highest BCUT2D eigenvalue weighted by atomic mass is 16.6. The smallest absolute Gasteiger partial charge is 0.421 e. The number of para-hydroxylation sites is 1. The van der Waals surface area contributed by atoms with Crippen molar-refractivity contribution in [3.05, 3.63) is 207 Å². The number of non-ortho nitro benzene ring substituents is 1. The number of anilines is 1. The second kappa shape index (κ2) is 22.8. The highest BCUT2D eigenvalue weighted by molar-refractivity contribution is 6.23. The molecule has 6 atom stereocenters. The third-order valence-corrected chi connectivity index (χ3v) is 15.0. The Balaban J connectivity index is 1.22. The Morgan fingerprint density at radius 1 is 0.789 bits per heavy atom. The maximum absolute atomic E-state index is 16.9. The van der Waals surface area contributed by atoms with E-state index in [9.17, 15) is 15.2 Å². The van der Waals surface area contributed by atoms with Crippen LogP contribution in [0, 0.1) is 27.9 Å². The number of fused-ring (bicyclic) bond motifs is 3. The highest BCUT2D eigenvalue weighted by Gasteiger charge is 2.76. The number of nitro groups is 1. The molecular weight excluding hydrogens is 963 g/mol. The van der Waals surface area contributed by atoms with Crippen LogP contribution in [0.3, 0.4) is 0 Å². The summed E-state index contributed by atoms with van der Waals surface area (Å²) in [6.45, 7) is 0.994. The first-order valence-corrected chi connectivity index (χ1v) is 25.9. The predicted molar refractivity (Wildman–Crippen MR) is 284 cm³/mol. The van der Waals surface area contributed by atoms with Gasteiger partial charge in [0.25, 0.3) is 5.69 Å². The fraction of sp³-hybridized carbons (Fsp3) is 0.311. The summed E-state index contributed by atoms with van der Waals surface area (Å²) in [5.74, 6) is 3.48. The van der Waals surface area contributed by atoms with Crippen LogP contribution in [0.5, 0.6) is 5.75 Å². The molecule has 15 heteroatoms. The summed E-state index contributed by atoms with van der Waals surface area (Å²) >= 11 is 0. The van der Waals surface area contributed by atoms with Gasteiger partial charge in [0.1, 0.15) is 36.5 Å². The largest absolute Gasteiger partial charge is 0.491 e. The summed E-state index contributed by atoms with van der Waals surface area (Å²) in [6.07, 6.45) is 2.21. The van der Waals surface area contributed by atoms with Gasteiger partial charge in [-0.2, -0.15) is 0 Å². The topological polar surface area (TPSA) is 172 Å². The van der Waals surface area contributed by atoms with Crippen LogP contribution in [-0.4, -0.2) is 94.5 Å². The van der Waals surface area contributed by atoms with Gasteiger partial charge in [0.05, 0.1) is 41.8 Å². The summed E-state index contributed by atoms with van der Waals surface area (Å²) in [5, 5.41) is 21.7. The molecule has 388 valence electrons. The summed E-state index contributed by atoms with van der Waals surface area (Å²) in [5.41, 5.74) is 2.09.